The normalized spacial score (nSPS) is 13.5. The number of nitrogens with one attached hydrogen (secondary N) is 3. The summed E-state index contributed by atoms with van der Waals surface area (Å²) in [4.78, 5) is 23.1. The fourth-order valence-electron chi connectivity index (χ4n) is 1.37. The maximum atomic E-state index is 11.8. The predicted octanol–water partition coefficient (Wildman–Crippen LogP) is 1.39. The number of benzene rings is 1. The van der Waals surface area contributed by atoms with Crippen LogP contribution < -0.4 is 16.2 Å². The van der Waals surface area contributed by atoms with Crippen LogP contribution in [0.25, 0.3) is 0 Å². The summed E-state index contributed by atoms with van der Waals surface area (Å²) in [7, 11) is 0. The van der Waals surface area contributed by atoms with Gasteiger partial charge in [0.05, 0.1) is 0 Å². The molecule has 0 atom stereocenters. The van der Waals surface area contributed by atoms with Crippen molar-refractivity contribution in [1.82, 2.24) is 16.2 Å². The lowest BCUT2D eigenvalue weighted by molar-refractivity contribution is -0.122. The van der Waals surface area contributed by atoms with Gasteiger partial charge in [-0.2, -0.15) is 0 Å². The molecule has 100 valence electrons. The van der Waals surface area contributed by atoms with E-state index in [1.54, 1.807) is 24.3 Å². The first-order valence-electron chi connectivity index (χ1n) is 5.73. The van der Waals surface area contributed by atoms with Gasteiger partial charge < -0.3 is 0 Å². The van der Waals surface area contributed by atoms with Crippen LogP contribution in [0, 0.1) is 5.92 Å². The third-order valence-corrected chi connectivity index (χ3v) is 3.04. The van der Waals surface area contributed by atoms with E-state index in [9.17, 15) is 9.59 Å². The van der Waals surface area contributed by atoms with Crippen LogP contribution in [0.1, 0.15) is 23.2 Å². The topological polar surface area (TPSA) is 70.2 Å². The van der Waals surface area contributed by atoms with Crippen molar-refractivity contribution in [1.29, 1.82) is 0 Å². The third kappa shape index (κ3) is 4.18. The smallest absolute Gasteiger partial charge is 0.257 e. The minimum atomic E-state index is -0.366. The lowest BCUT2D eigenvalue weighted by atomic mass is 10.2. The molecule has 0 radical (unpaired) electrons. The number of carbonyl (C=O) groups is 2. The summed E-state index contributed by atoms with van der Waals surface area (Å²) in [5.74, 6) is -0.403. The van der Waals surface area contributed by atoms with Crippen LogP contribution in [0.3, 0.4) is 0 Å². The molecule has 7 heteroatoms. The standard InChI is InChI=1S/C12H12ClN3O2S/c13-9-5-3-7(4-6-9)10(17)14-12(19)16-15-11(18)8-1-2-8/h3-6,8H,1-2H2,(H,15,18)(H2,14,16,17,19). The lowest BCUT2D eigenvalue weighted by Gasteiger charge is -2.10. The van der Waals surface area contributed by atoms with Crippen molar-refractivity contribution in [2.75, 3.05) is 0 Å². The summed E-state index contributed by atoms with van der Waals surface area (Å²) in [6.45, 7) is 0. The third-order valence-electron chi connectivity index (χ3n) is 2.58. The Labute approximate surface area is 120 Å². The predicted molar refractivity (Wildman–Crippen MR) is 75.5 cm³/mol. The van der Waals surface area contributed by atoms with E-state index in [1.165, 1.54) is 0 Å². The van der Waals surface area contributed by atoms with Crippen LogP contribution in [-0.4, -0.2) is 16.9 Å². The van der Waals surface area contributed by atoms with Crippen LogP contribution in [0.5, 0.6) is 0 Å². The summed E-state index contributed by atoms with van der Waals surface area (Å²) in [5.41, 5.74) is 5.37. The van der Waals surface area contributed by atoms with Gasteiger partial charge in [-0.25, -0.2) is 0 Å². The number of halogens is 1. The Hall–Kier alpha value is -1.66. The van der Waals surface area contributed by atoms with Crippen molar-refractivity contribution >= 4 is 40.7 Å². The van der Waals surface area contributed by atoms with E-state index < -0.39 is 0 Å². The Bertz CT molecular complexity index is 514. The van der Waals surface area contributed by atoms with Crippen LogP contribution in [-0.2, 0) is 4.79 Å². The Morgan fingerprint density at radius 1 is 1.16 bits per heavy atom. The molecule has 1 aromatic rings. The van der Waals surface area contributed by atoms with Crippen LogP contribution >= 0.6 is 23.8 Å². The van der Waals surface area contributed by atoms with E-state index in [4.69, 9.17) is 23.8 Å². The van der Waals surface area contributed by atoms with Gasteiger partial charge in [-0.15, -0.1) is 0 Å². The van der Waals surface area contributed by atoms with Crippen LogP contribution in [0.2, 0.25) is 5.02 Å². The summed E-state index contributed by atoms with van der Waals surface area (Å²) in [5, 5.41) is 3.05. The second kappa shape index (κ2) is 5.99. The molecule has 1 aliphatic carbocycles. The molecule has 0 heterocycles. The fraction of sp³-hybridized carbons (Fsp3) is 0.250. The van der Waals surface area contributed by atoms with Crippen LogP contribution in [0.15, 0.2) is 24.3 Å². The van der Waals surface area contributed by atoms with Gasteiger partial charge in [-0.3, -0.25) is 25.8 Å². The van der Waals surface area contributed by atoms with Crippen molar-refractivity contribution in [2.24, 2.45) is 5.92 Å². The van der Waals surface area contributed by atoms with E-state index in [-0.39, 0.29) is 22.8 Å². The largest absolute Gasteiger partial charge is 0.298 e. The molecule has 2 amide bonds. The molecule has 0 unspecified atom stereocenters. The molecule has 1 saturated carbocycles. The zero-order chi connectivity index (χ0) is 13.8. The van der Waals surface area contributed by atoms with Gasteiger partial charge in [-0.1, -0.05) is 11.6 Å². The second-order valence-corrected chi connectivity index (χ2v) is 5.02. The van der Waals surface area contributed by atoms with Gasteiger partial charge in [-0.05, 0) is 49.3 Å². The SMILES string of the molecule is O=C(NC(=S)NNC(=O)C1CC1)c1ccc(Cl)cc1. The molecular weight excluding hydrogens is 286 g/mol. The molecule has 0 bridgehead atoms. The van der Waals surface area contributed by atoms with E-state index in [0.29, 0.717) is 10.6 Å². The van der Waals surface area contributed by atoms with Crippen molar-refractivity contribution in [2.45, 2.75) is 12.8 Å². The lowest BCUT2D eigenvalue weighted by Crippen LogP contribution is -2.48. The van der Waals surface area contributed by atoms with Gasteiger partial charge >= 0.3 is 0 Å². The highest BCUT2D eigenvalue weighted by molar-refractivity contribution is 7.80. The first kappa shape index (κ1) is 13.8. The summed E-state index contributed by atoms with van der Waals surface area (Å²) >= 11 is 10.6. The molecule has 0 aromatic heterocycles. The molecule has 1 fully saturated rings. The monoisotopic (exact) mass is 297 g/mol. The minimum absolute atomic E-state index is 0.0500. The van der Waals surface area contributed by atoms with Crippen molar-refractivity contribution < 1.29 is 9.59 Å². The van der Waals surface area contributed by atoms with E-state index in [0.717, 1.165) is 12.8 Å². The average Bonchev–Trinajstić information content (AvgIpc) is 3.21. The van der Waals surface area contributed by atoms with E-state index in [2.05, 4.69) is 16.2 Å². The van der Waals surface area contributed by atoms with E-state index in [1.807, 2.05) is 0 Å². The molecule has 5 nitrogen and oxygen atoms in total. The highest BCUT2D eigenvalue weighted by Crippen LogP contribution is 2.28. The zero-order valence-electron chi connectivity index (χ0n) is 9.90. The minimum Gasteiger partial charge on any atom is -0.298 e. The summed E-state index contributed by atoms with van der Waals surface area (Å²) in [6, 6.07) is 6.40. The molecular formula is C12H12ClN3O2S. The number of carbonyl (C=O) groups excluding carboxylic acids is 2. The molecule has 2 rings (SSSR count). The van der Waals surface area contributed by atoms with Gasteiger partial charge in [0.2, 0.25) is 5.91 Å². The van der Waals surface area contributed by atoms with Crippen molar-refractivity contribution in [3.63, 3.8) is 0 Å². The van der Waals surface area contributed by atoms with Crippen molar-refractivity contribution in [3.05, 3.63) is 34.9 Å². The number of hydrogen-bond donors (Lipinski definition) is 3. The Morgan fingerprint density at radius 3 is 2.37 bits per heavy atom. The molecule has 0 saturated heterocycles. The Morgan fingerprint density at radius 2 is 1.79 bits per heavy atom. The molecule has 19 heavy (non-hydrogen) atoms. The van der Waals surface area contributed by atoms with Gasteiger partial charge in [0.25, 0.3) is 5.91 Å². The number of rotatable bonds is 2. The first-order chi connectivity index (χ1) is 9.06. The summed E-state index contributed by atoms with van der Waals surface area (Å²) in [6.07, 6.45) is 1.80. The number of hydrazine groups is 1. The highest BCUT2D eigenvalue weighted by atomic mass is 35.5. The molecule has 1 aromatic carbocycles. The summed E-state index contributed by atoms with van der Waals surface area (Å²) < 4.78 is 0. The highest BCUT2D eigenvalue weighted by Gasteiger charge is 2.29. The molecule has 1 aliphatic rings. The molecule has 3 N–H and O–H groups in total. The number of hydrogen-bond acceptors (Lipinski definition) is 3. The Kier molecular flexibility index (Phi) is 4.34. The van der Waals surface area contributed by atoms with Crippen LogP contribution in [0.4, 0.5) is 0 Å². The van der Waals surface area contributed by atoms with Gasteiger partial charge in [0.15, 0.2) is 5.11 Å². The number of thiocarbonyl (C=S) groups is 1. The second-order valence-electron chi connectivity index (χ2n) is 4.18. The molecule has 0 spiro atoms. The maximum Gasteiger partial charge on any atom is 0.257 e. The van der Waals surface area contributed by atoms with Crippen molar-refractivity contribution in [3.8, 4) is 0 Å². The first-order valence-corrected chi connectivity index (χ1v) is 6.51. The quantitative estimate of drug-likeness (QED) is 0.570. The maximum absolute atomic E-state index is 11.8. The zero-order valence-corrected chi connectivity index (χ0v) is 11.5. The van der Waals surface area contributed by atoms with Gasteiger partial charge in [0, 0.05) is 16.5 Å². The average molecular weight is 298 g/mol. The van der Waals surface area contributed by atoms with Gasteiger partial charge in [0.1, 0.15) is 0 Å². The fourth-order valence-corrected chi connectivity index (χ4v) is 1.64. The molecule has 0 aliphatic heterocycles. The Balaban J connectivity index is 1.79. The van der Waals surface area contributed by atoms with E-state index >= 15 is 0 Å². The number of amides is 2.